The zero-order chi connectivity index (χ0) is 19.8. The van der Waals surface area contributed by atoms with Gasteiger partial charge in [0.1, 0.15) is 0 Å². The van der Waals surface area contributed by atoms with Crippen molar-refractivity contribution in [1.29, 1.82) is 0 Å². The number of hydrazone groups is 1. The monoisotopic (exact) mass is 369 g/mol. The molecule has 0 unspecified atom stereocenters. The van der Waals surface area contributed by atoms with Gasteiger partial charge in [0.25, 0.3) is 0 Å². The fraction of sp³-hybridized carbons (Fsp3) is 0.250. The smallest absolute Gasteiger partial charge is 0.329 e. The van der Waals surface area contributed by atoms with E-state index in [1.54, 1.807) is 30.3 Å². The van der Waals surface area contributed by atoms with Gasteiger partial charge in [0, 0.05) is 11.3 Å². The highest BCUT2D eigenvalue weighted by Gasteiger charge is 2.13. The normalized spacial score (nSPS) is 10.7. The van der Waals surface area contributed by atoms with Gasteiger partial charge >= 0.3 is 11.8 Å². The van der Waals surface area contributed by atoms with E-state index in [9.17, 15) is 9.59 Å². The average molecular weight is 369 g/mol. The number of rotatable bonds is 6. The minimum Gasteiger partial charge on any atom is -0.493 e. The van der Waals surface area contributed by atoms with Gasteiger partial charge in [-0.3, -0.25) is 9.59 Å². The molecule has 0 aliphatic rings. The molecule has 27 heavy (non-hydrogen) atoms. The number of para-hydroxylation sites is 1. The number of hydrogen-bond acceptors (Lipinski definition) is 5. The van der Waals surface area contributed by atoms with Crippen LogP contribution in [0.3, 0.4) is 0 Å². The Morgan fingerprint density at radius 2 is 1.70 bits per heavy atom. The van der Waals surface area contributed by atoms with E-state index >= 15 is 0 Å². The Morgan fingerprint density at radius 1 is 1.00 bits per heavy atom. The largest absolute Gasteiger partial charge is 0.493 e. The third-order valence-electron chi connectivity index (χ3n) is 3.84. The molecule has 0 saturated carbocycles. The maximum Gasteiger partial charge on any atom is 0.329 e. The number of nitrogens with one attached hydrogen (secondary N) is 2. The Bertz CT molecular complexity index is 830. The number of benzene rings is 2. The average Bonchev–Trinajstić information content (AvgIpc) is 2.67. The van der Waals surface area contributed by atoms with Crippen molar-refractivity contribution in [2.75, 3.05) is 19.5 Å². The minimum absolute atomic E-state index is 0.390. The molecule has 0 bridgehead atoms. The van der Waals surface area contributed by atoms with Gasteiger partial charge < -0.3 is 14.8 Å². The molecule has 7 nitrogen and oxygen atoms in total. The van der Waals surface area contributed by atoms with Gasteiger partial charge in [0.2, 0.25) is 0 Å². The number of methoxy groups -OCH3 is 2. The Balaban J connectivity index is 1.97. The van der Waals surface area contributed by atoms with Crippen LogP contribution < -0.4 is 20.2 Å². The highest BCUT2D eigenvalue weighted by atomic mass is 16.5. The van der Waals surface area contributed by atoms with Crippen LogP contribution in [0.5, 0.6) is 11.5 Å². The molecule has 142 valence electrons. The van der Waals surface area contributed by atoms with Gasteiger partial charge in [-0.25, -0.2) is 5.43 Å². The number of carbonyl (C=O) groups is 2. The fourth-order valence-electron chi connectivity index (χ4n) is 2.36. The van der Waals surface area contributed by atoms with E-state index in [-0.39, 0.29) is 0 Å². The van der Waals surface area contributed by atoms with E-state index < -0.39 is 11.8 Å². The first-order valence-electron chi connectivity index (χ1n) is 8.41. The van der Waals surface area contributed by atoms with Crippen LogP contribution in [0.4, 0.5) is 5.69 Å². The lowest BCUT2D eigenvalue weighted by Crippen LogP contribution is -2.32. The number of amides is 2. The van der Waals surface area contributed by atoms with Gasteiger partial charge in [0.15, 0.2) is 11.5 Å². The molecule has 2 rings (SSSR count). The van der Waals surface area contributed by atoms with Gasteiger partial charge in [0.05, 0.1) is 20.4 Å². The lowest BCUT2D eigenvalue weighted by molar-refractivity contribution is -0.136. The van der Waals surface area contributed by atoms with Crippen LogP contribution >= 0.6 is 0 Å². The quantitative estimate of drug-likeness (QED) is 0.465. The number of carbonyl (C=O) groups excluding carboxylic acids is 2. The van der Waals surface area contributed by atoms with Crippen molar-refractivity contribution < 1.29 is 19.1 Å². The van der Waals surface area contributed by atoms with Crippen LogP contribution in [0.15, 0.2) is 47.6 Å². The van der Waals surface area contributed by atoms with Crippen molar-refractivity contribution >= 4 is 23.7 Å². The SMILES string of the molecule is COc1cccc(/C=N\NC(=O)C(=O)Nc2ccc(C(C)C)cc2)c1OC. The number of hydrogen-bond donors (Lipinski definition) is 2. The molecule has 0 heterocycles. The van der Waals surface area contributed by atoms with Crippen molar-refractivity contribution in [1.82, 2.24) is 5.43 Å². The van der Waals surface area contributed by atoms with E-state index in [2.05, 4.69) is 29.7 Å². The summed E-state index contributed by atoms with van der Waals surface area (Å²) < 4.78 is 10.5. The summed E-state index contributed by atoms with van der Waals surface area (Å²) in [4.78, 5) is 23.9. The molecule has 0 radical (unpaired) electrons. The molecule has 0 aromatic heterocycles. The predicted octanol–water partition coefficient (Wildman–Crippen LogP) is 2.92. The predicted molar refractivity (Wildman–Crippen MR) is 104 cm³/mol. The first kappa shape index (κ1) is 20.0. The first-order valence-corrected chi connectivity index (χ1v) is 8.41. The molecular formula is C20H23N3O4. The first-order chi connectivity index (χ1) is 13.0. The van der Waals surface area contributed by atoms with Gasteiger partial charge in [-0.1, -0.05) is 32.0 Å². The summed E-state index contributed by atoms with van der Waals surface area (Å²) in [6.07, 6.45) is 1.38. The van der Waals surface area contributed by atoms with Crippen molar-refractivity contribution in [3.8, 4) is 11.5 Å². The second-order valence-corrected chi connectivity index (χ2v) is 6.01. The van der Waals surface area contributed by atoms with E-state index in [1.165, 1.54) is 20.4 Å². The van der Waals surface area contributed by atoms with Crippen molar-refractivity contribution in [2.24, 2.45) is 5.10 Å². The molecular weight excluding hydrogens is 346 g/mol. The third kappa shape index (κ3) is 5.31. The van der Waals surface area contributed by atoms with E-state index in [4.69, 9.17) is 9.47 Å². The Labute approximate surface area is 158 Å². The standard InChI is InChI=1S/C20H23N3O4/c1-13(2)14-8-10-16(11-9-14)22-19(24)20(25)23-21-12-15-6-5-7-17(26-3)18(15)27-4/h5-13H,1-4H3,(H,22,24)(H,23,25)/b21-12-. The number of ether oxygens (including phenoxy) is 2. The summed E-state index contributed by atoms with van der Waals surface area (Å²) in [5.41, 5.74) is 4.48. The molecule has 0 fully saturated rings. The van der Waals surface area contributed by atoms with Crippen molar-refractivity contribution in [3.63, 3.8) is 0 Å². The molecule has 2 amide bonds. The fourth-order valence-corrected chi connectivity index (χ4v) is 2.36. The summed E-state index contributed by atoms with van der Waals surface area (Å²) in [7, 11) is 3.03. The minimum atomic E-state index is -0.874. The molecule has 2 aromatic carbocycles. The zero-order valence-corrected chi connectivity index (χ0v) is 15.8. The molecule has 0 spiro atoms. The highest BCUT2D eigenvalue weighted by Crippen LogP contribution is 2.29. The number of nitrogens with zero attached hydrogens (tertiary/aromatic N) is 1. The summed E-state index contributed by atoms with van der Waals surface area (Å²) >= 11 is 0. The second kappa shape index (κ2) is 9.38. The Morgan fingerprint density at radius 3 is 2.30 bits per heavy atom. The zero-order valence-electron chi connectivity index (χ0n) is 15.8. The van der Waals surface area contributed by atoms with Crippen LogP contribution in [0.25, 0.3) is 0 Å². The maximum atomic E-state index is 12.0. The lowest BCUT2D eigenvalue weighted by atomic mass is 10.0. The van der Waals surface area contributed by atoms with E-state index in [0.717, 1.165) is 5.56 Å². The van der Waals surface area contributed by atoms with Crippen LogP contribution in [0.1, 0.15) is 30.9 Å². The van der Waals surface area contributed by atoms with E-state index in [0.29, 0.717) is 28.7 Å². The van der Waals surface area contributed by atoms with Crippen LogP contribution in [0, 0.1) is 0 Å². The third-order valence-corrected chi connectivity index (χ3v) is 3.84. The maximum absolute atomic E-state index is 12.0. The van der Waals surface area contributed by atoms with Crippen LogP contribution in [-0.4, -0.2) is 32.2 Å². The molecule has 2 N–H and O–H groups in total. The summed E-state index contributed by atoms with van der Waals surface area (Å²) in [6, 6.07) is 12.6. The number of anilines is 1. The molecule has 0 aliphatic heterocycles. The van der Waals surface area contributed by atoms with Gasteiger partial charge in [-0.2, -0.15) is 5.10 Å². The second-order valence-electron chi connectivity index (χ2n) is 6.01. The van der Waals surface area contributed by atoms with Crippen LogP contribution in [0.2, 0.25) is 0 Å². The van der Waals surface area contributed by atoms with Gasteiger partial charge in [-0.05, 0) is 35.7 Å². The Kier molecular flexibility index (Phi) is 6.93. The summed E-state index contributed by atoms with van der Waals surface area (Å²) in [6.45, 7) is 4.16. The Hall–Kier alpha value is -3.35. The molecule has 0 aliphatic carbocycles. The highest BCUT2D eigenvalue weighted by molar-refractivity contribution is 6.39. The lowest BCUT2D eigenvalue weighted by Gasteiger charge is -2.09. The molecule has 7 heteroatoms. The van der Waals surface area contributed by atoms with Crippen molar-refractivity contribution in [2.45, 2.75) is 19.8 Å². The van der Waals surface area contributed by atoms with Crippen molar-refractivity contribution in [3.05, 3.63) is 53.6 Å². The van der Waals surface area contributed by atoms with Gasteiger partial charge in [-0.15, -0.1) is 0 Å². The topological polar surface area (TPSA) is 89.0 Å². The summed E-state index contributed by atoms with van der Waals surface area (Å²) in [5.74, 6) is -0.271. The van der Waals surface area contributed by atoms with Crippen LogP contribution in [-0.2, 0) is 9.59 Å². The van der Waals surface area contributed by atoms with E-state index in [1.807, 2.05) is 12.1 Å². The molecule has 0 saturated heterocycles. The summed E-state index contributed by atoms with van der Waals surface area (Å²) in [5, 5.41) is 6.33. The molecule has 0 atom stereocenters. The molecule has 2 aromatic rings.